The summed E-state index contributed by atoms with van der Waals surface area (Å²) in [5.41, 5.74) is 2.94. The van der Waals surface area contributed by atoms with E-state index in [0.29, 0.717) is 6.66 Å². The number of aliphatic hydroxyl groups is 1. The first-order chi connectivity index (χ1) is 9.66. The zero-order valence-electron chi connectivity index (χ0n) is 11.2. The Kier molecular flexibility index (Phi) is 7.64. The van der Waals surface area contributed by atoms with Crippen molar-refractivity contribution in [3.63, 3.8) is 0 Å². The number of hydrogen-bond donors (Lipinski definition) is 5. The first kappa shape index (κ1) is 21.9. The number of nitrogens with two attached hydrogens (primary N) is 1. The molecule has 0 aliphatic rings. The van der Waals surface area contributed by atoms with Crippen molar-refractivity contribution in [2.24, 2.45) is 10.9 Å². The Labute approximate surface area is 123 Å². The molecule has 0 aromatic carbocycles. The molecule has 0 rings (SSSR count). The van der Waals surface area contributed by atoms with Gasteiger partial charge in [-0.1, -0.05) is 0 Å². The number of phosphoric ester groups is 1. The topological polar surface area (TPSA) is 224 Å². The molecule has 5 atom stereocenters. The third kappa shape index (κ3) is 7.97. The van der Waals surface area contributed by atoms with E-state index in [2.05, 4.69) is 23.1 Å². The molecule has 22 heavy (non-hydrogen) atoms. The Bertz CT molecular complexity index is 533. The van der Waals surface area contributed by atoms with Gasteiger partial charge in [-0.2, -0.15) is 4.31 Å². The van der Waals surface area contributed by atoms with Crippen LogP contribution in [0.2, 0.25) is 0 Å². The van der Waals surface area contributed by atoms with Gasteiger partial charge in [0, 0.05) is 13.8 Å². The number of aliphatic hydroxyl groups excluding tert-OH is 1. The summed E-state index contributed by atoms with van der Waals surface area (Å²) in [4.78, 5) is 37.1. The lowest BCUT2D eigenvalue weighted by Gasteiger charge is -2.28. The van der Waals surface area contributed by atoms with Crippen molar-refractivity contribution >= 4 is 23.2 Å². The van der Waals surface area contributed by atoms with Crippen molar-refractivity contribution < 1.29 is 51.4 Å². The number of nitroso groups, excluding NO2 is 1. The second-order valence-electron chi connectivity index (χ2n) is 3.81. The number of nitrogens with zero attached hydrogens (tertiary/aromatic N) is 1. The normalized spacial score (nSPS) is 24.3. The summed E-state index contributed by atoms with van der Waals surface area (Å²) in [5, 5.41) is 11.3. The van der Waals surface area contributed by atoms with Gasteiger partial charge in [-0.05, 0) is 5.18 Å². The fourth-order valence-corrected chi connectivity index (χ4v) is 4.39. The SMILES string of the molecule is CO[C@](N)(COP(=O)(O)OP(=O)(O)OP(C)(=O)O)[C@H](O)N=O. The average molecular weight is 388 g/mol. The van der Waals surface area contributed by atoms with Gasteiger partial charge in [0.2, 0.25) is 6.23 Å². The molecule has 0 bridgehead atoms. The molecule has 0 aromatic rings. The number of hydrogen-bond acceptors (Lipinski definition) is 11. The molecule has 6 N–H and O–H groups in total. The molecule has 3 unspecified atom stereocenters. The maximum absolute atomic E-state index is 11.4. The zero-order valence-corrected chi connectivity index (χ0v) is 13.9. The maximum Gasteiger partial charge on any atom is 0.488 e. The smallest absolute Gasteiger partial charge is 0.365 e. The minimum absolute atomic E-state index is 0.518. The van der Waals surface area contributed by atoms with E-state index in [1.807, 2.05) is 0 Å². The summed E-state index contributed by atoms with van der Waals surface area (Å²) in [7, 11) is -14.4. The van der Waals surface area contributed by atoms with Crippen molar-refractivity contribution in [1.82, 2.24) is 0 Å². The molecular weight excluding hydrogens is 373 g/mol. The zero-order chi connectivity index (χ0) is 17.8. The predicted molar refractivity (Wildman–Crippen MR) is 69.3 cm³/mol. The lowest BCUT2D eigenvalue weighted by atomic mass is 10.2. The molecule has 17 heteroatoms. The summed E-state index contributed by atoms with van der Waals surface area (Å²) in [6.07, 6.45) is -2.21. The predicted octanol–water partition coefficient (Wildman–Crippen LogP) is -0.562. The second-order valence-corrected chi connectivity index (χ2v) is 8.86. The molecule has 0 heterocycles. The Morgan fingerprint density at radius 1 is 1.18 bits per heavy atom. The third-order valence-electron chi connectivity index (χ3n) is 1.83. The van der Waals surface area contributed by atoms with Crippen molar-refractivity contribution in [2.75, 3.05) is 20.4 Å². The van der Waals surface area contributed by atoms with Crippen molar-refractivity contribution in [2.45, 2.75) is 12.0 Å². The van der Waals surface area contributed by atoms with Crippen LogP contribution in [0.1, 0.15) is 0 Å². The van der Waals surface area contributed by atoms with Crippen LogP contribution in [0, 0.1) is 4.91 Å². The van der Waals surface area contributed by atoms with Gasteiger partial charge in [-0.25, -0.2) is 13.4 Å². The minimum Gasteiger partial charge on any atom is -0.365 e. The van der Waals surface area contributed by atoms with Crippen LogP contribution in [0.4, 0.5) is 0 Å². The number of ether oxygens (including phenoxy) is 1. The Morgan fingerprint density at radius 3 is 2.05 bits per heavy atom. The van der Waals surface area contributed by atoms with E-state index in [1.165, 1.54) is 0 Å². The summed E-state index contributed by atoms with van der Waals surface area (Å²) in [6.45, 7) is -0.655. The van der Waals surface area contributed by atoms with Crippen LogP contribution in [0.15, 0.2) is 5.18 Å². The molecule has 0 saturated heterocycles. The van der Waals surface area contributed by atoms with Gasteiger partial charge in [0.1, 0.15) is 6.61 Å². The average Bonchev–Trinajstić information content (AvgIpc) is 2.30. The molecule has 0 spiro atoms. The highest BCUT2D eigenvalue weighted by atomic mass is 31.3. The standard InChI is InChI=1S/C5H15N2O12P3/c1-16-5(6,4(8)7-9)3-17-21(12,13)19-22(14,15)18-20(2,10)11/h4,8H,3,6H2,1-2H3,(H,10,11)(H,12,13)(H,14,15)/t4-,5+/m0/s1. The quantitative estimate of drug-likeness (QED) is 0.180. The van der Waals surface area contributed by atoms with Gasteiger partial charge in [0.15, 0.2) is 5.72 Å². The fourth-order valence-electron chi connectivity index (χ4n) is 0.871. The highest BCUT2D eigenvalue weighted by Gasteiger charge is 2.43. The van der Waals surface area contributed by atoms with E-state index in [-0.39, 0.29) is 0 Å². The molecule has 0 radical (unpaired) electrons. The number of methoxy groups -OCH3 is 1. The molecule has 0 aromatic heterocycles. The van der Waals surface area contributed by atoms with E-state index in [1.54, 1.807) is 0 Å². The van der Waals surface area contributed by atoms with Crippen LogP contribution < -0.4 is 5.73 Å². The minimum atomic E-state index is -5.44. The van der Waals surface area contributed by atoms with E-state index in [0.717, 1.165) is 7.11 Å². The maximum atomic E-state index is 11.4. The third-order valence-corrected chi connectivity index (χ3v) is 5.97. The van der Waals surface area contributed by atoms with Gasteiger partial charge in [-0.15, -0.1) is 4.91 Å². The Balaban J connectivity index is 4.91. The molecule has 132 valence electrons. The largest absolute Gasteiger partial charge is 0.488 e. The van der Waals surface area contributed by atoms with Gasteiger partial charge in [0.05, 0.1) is 0 Å². The first-order valence-corrected chi connectivity index (χ1v) is 10.1. The Morgan fingerprint density at radius 2 is 1.68 bits per heavy atom. The van der Waals surface area contributed by atoms with E-state index >= 15 is 0 Å². The van der Waals surface area contributed by atoms with Gasteiger partial charge in [0.25, 0.3) is 0 Å². The van der Waals surface area contributed by atoms with Crippen molar-refractivity contribution in [1.29, 1.82) is 0 Å². The molecule has 0 saturated carbocycles. The first-order valence-electron chi connectivity index (χ1n) is 5.04. The summed E-state index contributed by atoms with van der Waals surface area (Å²) in [5.74, 6) is 0. The number of rotatable bonds is 10. The molecule has 0 aliphatic heterocycles. The van der Waals surface area contributed by atoms with Crippen molar-refractivity contribution in [3.8, 4) is 0 Å². The molecule has 14 nitrogen and oxygen atoms in total. The summed E-state index contributed by atoms with van der Waals surface area (Å²) < 4.78 is 49.4. The second kappa shape index (κ2) is 7.67. The summed E-state index contributed by atoms with van der Waals surface area (Å²) in [6, 6.07) is 0. The van der Waals surface area contributed by atoms with Gasteiger partial charge < -0.3 is 24.5 Å². The van der Waals surface area contributed by atoms with Crippen LogP contribution in [-0.4, -0.2) is 52.1 Å². The summed E-state index contributed by atoms with van der Waals surface area (Å²) >= 11 is 0. The Hall–Kier alpha value is -0.0700. The highest BCUT2D eigenvalue weighted by molar-refractivity contribution is 7.68. The molecular formula is C5H15N2O12P3. The van der Waals surface area contributed by atoms with Crippen LogP contribution in [0.5, 0.6) is 0 Å². The fraction of sp³-hybridized carbons (Fsp3) is 1.00. The van der Waals surface area contributed by atoms with Gasteiger partial charge in [-0.3, -0.25) is 14.8 Å². The lowest BCUT2D eigenvalue weighted by Crippen LogP contribution is -2.55. The van der Waals surface area contributed by atoms with E-state index in [9.17, 15) is 23.5 Å². The van der Waals surface area contributed by atoms with Gasteiger partial charge >= 0.3 is 23.2 Å². The molecule has 0 aliphatic carbocycles. The monoisotopic (exact) mass is 388 g/mol. The van der Waals surface area contributed by atoms with E-state index in [4.69, 9.17) is 20.6 Å². The lowest BCUT2D eigenvalue weighted by molar-refractivity contribution is -0.120. The van der Waals surface area contributed by atoms with Crippen LogP contribution in [-0.2, 0) is 31.6 Å². The van der Waals surface area contributed by atoms with E-state index < -0.39 is 41.8 Å². The van der Waals surface area contributed by atoms with Crippen LogP contribution in [0.3, 0.4) is 0 Å². The number of phosphoric acid groups is 2. The molecule has 0 fully saturated rings. The van der Waals surface area contributed by atoms with Crippen molar-refractivity contribution in [3.05, 3.63) is 4.91 Å². The molecule has 0 amide bonds. The highest BCUT2D eigenvalue weighted by Crippen LogP contribution is 2.66. The van der Waals surface area contributed by atoms with Crippen LogP contribution >= 0.6 is 23.2 Å². The van der Waals surface area contributed by atoms with Crippen LogP contribution in [0.25, 0.3) is 0 Å².